The molecule has 0 amide bonds. The number of ether oxygens (including phenoxy) is 4. The zero-order valence-electron chi connectivity index (χ0n) is 12.0. The van der Waals surface area contributed by atoms with Gasteiger partial charge in [-0.1, -0.05) is 6.07 Å². The number of methoxy groups -OCH3 is 2. The van der Waals surface area contributed by atoms with E-state index < -0.39 is 0 Å². The molecule has 2 aromatic rings. The molecular formula is C16H17O4P. The van der Waals surface area contributed by atoms with E-state index in [2.05, 4.69) is 9.24 Å². The Balaban J connectivity index is 2.28. The summed E-state index contributed by atoms with van der Waals surface area (Å²) in [4.78, 5) is 0. The van der Waals surface area contributed by atoms with Crippen LogP contribution in [0.15, 0.2) is 30.3 Å². The first-order valence-electron chi connectivity index (χ1n) is 6.65. The molecule has 0 fully saturated rings. The van der Waals surface area contributed by atoms with Crippen molar-refractivity contribution < 1.29 is 18.9 Å². The van der Waals surface area contributed by atoms with Gasteiger partial charge in [-0.25, -0.2) is 0 Å². The Morgan fingerprint density at radius 2 is 1.67 bits per heavy atom. The van der Waals surface area contributed by atoms with E-state index in [0.717, 1.165) is 39.4 Å². The summed E-state index contributed by atoms with van der Waals surface area (Å²) in [5, 5.41) is 1.02. The minimum Gasteiger partial charge on any atom is -0.496 e. The van der Waals surface area contributed by atoms with E-state index in [9.17, 15) is 0 Å². The molecule has 2 aromatic carbocycles. The molecular weight excluding hydrogens is 287 g/mol. The van der Waals surface area contributed by atoms with Crippen molar-refractivity contribution in [1.82, 2.24) is 0 Å². The fourth-order valence-electron chi connectivity index (χ4n) is 2.48. The maximum absolute atomic E-state index is 5.82. The average Bonchev–Trinajstić information content (AvgIpc) is 2.53. The predicted octanol–water partition coefficient (Wildman–Crippen LogP) is 2.64. The summed E-state index contributed by atoms with van der Waals surface area (Å²) < 4.78 is 22.5. The van der Waals surface area contributed by atoms with E-state index in [1.165, 1.54) is 0 Å². The van der Waals surface area contributed by atoms with Gasteiger partial charge < -0.3 is 18.9 Å². The molecule has 1 atom stereocenters. The highest BCUT2D eigenvalue weighted by Crippen LogP contribution is 2.46. The molecule has 21 heavy (non-hydrogen) atoms. The lowest BCUT2D eigenvalue weighted by atomic mass is 10.0. The lowest BCUT2D eigenvalue weighted by Gasteiger charge is -2.23. The van der Waals surface area contributed by atoms with Crippen LogP contribution in [0.3, 0.4) is 0 Å². The van der Waals surface area contributed by atoms with Crippen molar-refractivity contribution in [1.29, 1.82) is 0 Å². The van der Waals surface area contributed by atoms with Crippen molar-refractivity contribution in [3.63, 3.8) is 0 Å². The lowest BCUT2D eigenvalue weighted by molar-refractivity contribution is 0.172. The molecule has 0 saturated heterocycles. The van der Waals surface area contributed by atoms with E-state index in [1.807, 2.05) is 30.3 Å². The van der Waals surface area contributed by atoms with Gasteiger partial charge in [0.1, 0.15) is 24.7 Å². The van der Waals surface area contributed by atoms with Crippen molar-refractivity contribution in [2.45, 2.75) is 0 Å². The summed E-state index contributed by atoms with van der Waals surface area (Å²) >= 11 is 0. The molecule has 1 aliphatic rings. The number of fused-ring (bicyclic) bond motifs is 1. The standard InChI is InChI=1S/C16H17O4P/c1-17-12-4-3-5-13(18-2)15(12)11-8-10(21)9-14-16(11)20-7-6-19-14/h3-5,8-9H,6-7,21H2,1-2H3. The Kier molecular flexibility index (Phi) is 3.89. The van der Waals surface area contributed by atoms with Crippen LogP contribution in [-0.4, -0.2) is 27.4 Å². The van der Waals surface area contributed by atoms with Crippen molar-refractivity contribution in [2.24, 2.45) is 0 Å². The normalized spacial score (nSPS) is 12.9. The third-order valence-corrected chi connectivity index (χ3v) is 3.69. The predicted molar refractivity (Wildman–Crippen MR) is 85.3 cm³/mol. The van der Waals surface area contributed by atoms with Crippen molar-refractivity contribution in [2.75, 3.05) is 27.4 Å². The average molecular weight is 304 g/mol. The van der Waals surface area contributed by atoms with Gasteiger partial charge in [-0.3, -0.25) is 0 Å². The molecule has 0 aromatic heterocycles. The zero-order chi connectivity index (χ0) is 14.8. The maximum atomic E-state index is 5.82. The molecule has 0 saturated carbocycles. The van der Waals surface area contributed by atoms with Gasteiger partial charge in [0.25, 0.3) is 0 Å². The summed E-state index contributed by atoms with van der Waals surface area (Å²) in [6, 6.07) is 9.69. The Labute approximate surface area is 126 Å². The Morgan fingerprint density at radius 1 is 1.00 bits per heavy atom. The van der Waals surface area contributed by atoms with Crippen LogP contribution >= 0.6 is 9.24 Å². The van der Waals surface area contributed by atoms with Crippen LogP contribution < -0.4 is 24.3 Å². The molecule has 5 heteroatoms. The van der Waals surface area contributed by atoms with Gasteiger partial charge in [0.15, 0.2) is 11.5 Å². The fraction of sp³-hybridized carbons (Fsp3) is 0.250. The summed E-state index contributed by atoms with van der Waals surface area (Å²) in [6.45, 7) is 1.09. The Bertz CT molecular complexity index is 647. The number of rotatable bonds is 3. The monoisotopic (exact) mass is 304 g/mol. The maximum Gasteiger partial charge on any atom is 0.169 e. The number of hydrogen-bond acceptors (Lipinski definition) is 4. The quantitative estimate of drug-likeness (QED) is 0.817. The first-order chi connectivity index (χ1) is 10.2. The minimum absolute atomic E-state index is 0.535. The molecule has 110 valence electrons. The van der Waals surface area contributed by atoms with Crippen LogP contribution in [0.25, 0.3) is 11.1 Å². The van der Waals surface area contributed by atoms with E-state index in [4.69, 9.17) is 18.9 Å². The van der Waals surface area contributed by atoms with Gasteiger partial charge in [0.05, 0.1) is 19.8 Å². The van der Waals surface area contributed by atoms with Crippen LogP contribution in [-0.2, 0) is 0 Å². The van der Waals surface area contributed by atoms with E-state index in [-0.39, 0.29) is 0 Å². The highest BCUT2D eigenvalue weighted by molar-refractivity contribution is 7.27. The van der Waals surface area contributed by atoms with Crippen molar-refractivity contribution in [3.05, 3.63) is 30.3 Å². The second-order valence-electron chi connectivity index (χ2n) is 4.63. The second-order valence-corrected chi connectivity index (χ2v) is 5.30. The summed E-state index contributed by atoms with van der Waals surface area (Å²) in [7, 11) is 5.98. The first-order valence-corrected chi connectivity index (χ1v) is 7.23. The van der Waals surface area contributed by atoms with Crippen molar-refractivity contribution >= 4 is 14.5 Å². The van der Waals surface area contributed by atoms with Gasteiger partial charge in [0, 0.05) is 5.56 Å². The third kappa shape index (κ3) is 2.52. The Morgan fingerprint density at radius 3 is 2.33 bits per heavy atom. The van der Waals surface area contributed by atoms with E-state index in [1.54, 1.807) is 14.2 Å². The van der Waals surface area contributed by atoms with Gasteiger partial charge in [0.2, 0.25) is 0 Å². The molecule has 0 radical (unpaired) electrons. The first kappa shape index (κ1) is 14.0. The van der Waals surface area contributed by atoms with Crippen LogP contribution in [0.5, 0.6) is 23.0 Å². The molecule has 4 nitrogen and oxygen atoms in total. The van der Waals surface area contributed by atoms with Crippen LogP contribution in [0.1, 0.15) is 0 Å². The van der Waals surface area contributed by atoms with E-state index >= 15 is 0 Å². The zero-order valence-corrected chi connectivity index (χ0v) is 13.2. The highest BCUT2D eigenvalue weighted by atomic mass is 31.0. The molecule has 1 aliphatic heterocycles. The molecule has 0 N–H and O–H groups in total. The number of benzene rings is 2. The van der Waals surface area contributed by atoms with Crippen LogP contribution in [0, 0.1) is 0 Å². The third-order valence-electron chi connectivity index (χ3n) is 3.36. The molecule has 3 rings (SSSR count). The molecule has 1 heterocycles. The second kappa shape index (κ2) is 5.82. The summed E-state index contributed by atoms with van der Waals surface area (Å²) in [5.41, 5.74) is 1.78. The minimum atomic E-state index is 0.535. The molecule has 0 spiro atoms. The van der Waals surface area contributed by atoms with Crippen molar-refractivity contribution in [3.8, 4) is 34.1 Å². The van der Waals surface area contributed by atoms with Gasteiger partial charge >= 0.3 is 0 Å². The fourth-order valence-corrected chi connectivity index (χ4v) is 2.80. The summed E-state index contributed by atoms with van der Waals surface area (Å²) in [5.74, 6) is 2.95. The lowest BCUT2D eigenvalue weighted by Crippen LogP contribution is -2.17. The van der Waals surface area contributed by atoms with Gasteiger partial charge in [-0.15, -0.1) is 9.24 Å². The largest absolute Gasteiger partial charge is 0.496 e. The molecule has 0 bridgehead atoms. The topological polar surface area (TPSA) is 36.9 Å². The van der Waals surface area contributed by atoms with Crippen LogP contribution in [0.2, 0.25) is 0 Å². The summed E-state index contributed by atoms with van der Waals surface area (Å²) in [6.07, 6.45) is 0. The van der Waals surface area contributed by atoms with Gasteiger partial charge in [-0.2, -0.15) is 0 Å². The highest BCUT2D eigenvalue weighted by Gasteiger charge is 2.22. The molecule has 0 aliphatic carbocycles. The van der Waals surface area contributed by atoms with Crippen LogP contribution in [0.4, 0.5) is 0 Å². The van der Waals surface area contributed by atoms with E-state index in [0.29, 0.717) is 13.2 Å². The number of hydrogen-bond donors (Lipinski definition) is 0. The molecule has 1 unspecified atom stereocenters. The van der Waals surface area contributed by atoms with Gasteiger partial charge in [-0.05, 0) is 29.6 Å². The SMILES string of the molecule is COc1cccc(OC)c1-c1cc(P)cc2c1OCCO2. The smallest absolute Gasteiger partial charge is 0.169 e. The Hall–Kier alpha value is -1.93.